The molecule has 0 aliphatic heterocycles. The molecule has 2 N–H and O–H groups in total. The molecule has 0 unspecified atom stereocenters. The topological polar surface area (TPSA) is 87.0 Å². The van der Waals surface area contributed by atoms with Crippen LogP contribution >= 0.6 is 0 Å². The fourth-order valence-corrected chi connectivity index (χ4v) is 1.37. The molecule has 1 heterocycles. The van der Waals surface area contributed by atoms with E-state index in [1.165, 1.54) is 0 Å². The standard InChI is InChI=1S/C14H20N4O2/c1-11(2)17-8-12-4-5-13(9-18-12)20-10-14(19)16-7-3-6-15/h4-5,9,11,17H,3,7-8,10H2,1-2H3,(H,16,19). The minimum atomic E-state index is -0.245. The van der Waals surface area contributed by atoms with Gasteiger partial charge in [-0.3, -0.25) is 9.78 Å². The van der Waals surface area contributed by atoms with Crippen LogP contribution in [0.2, 0.25) is 0 Å². The molecule has 1 rings (SSSR count). The molecular formula is C14H20N4O2. The number of aromatic nitrogens is 1. The van der Waals surface area contributed by atoms with E-state index in [9.17, 15) is 4.79 Å². The average molecular weight is 276 g/mol. The van der Waals surface area contributed by atoms with Crippen molar-refractivity contribution < 1.29 is 9.53 Å². The van der Waals surface area contributed by atoms with Crippen LogP contribution in [0.5, 0.6) is 5.75 Å². The highest BCUT2D eigenvalue weighted by atomic mass is 16.5. The molecule has 6 nitrogen and oxygen atoms in total. The molecule has 0 radical (unpaired) electrons. The van der Waals surface area contributed by atoms with Gasteiger partial charge in [0.25, 0.3) is 5.91 Å². The van der Waals surface area contributed by atoms with Crippen LogP contribution in [0.1, 0.15) is 26.0 Å². The minimum Gasteiger partial charge on any atom is -0.482 e. The molecule has 0 aliphatic carbocycles. The summed E-state index contributed by atoms with van der Waals surface area (Å²) < 4.78 is 5.30. The highest BCUT2D eigenvalue weighted by Gasteiger charge is 2.03. The minimum absolute atomic E-state index is 0.0727. The van der Waals surface area contributed by atoms with E-state index < -0.39 is 0 Å². The Bertz CT molecular complexity index is 451. The van der Waals surface area contributed by atoms with Crippen molar-refractivity contribution in [2.75, 3.05) is 13.2 Å². The second kappa shape index (κ2) is 8.88. The first-order chi connectivity index (χ1) is 9.61. The van der Waals surface area contributed by atoms with Crippen molar-refractivity contribution in [3.63, 3.8) is 0 Å². The molecule has 1 aromatic heterocycles. The number of amides is 1. The third kappa shape index (κ3) is 6.71. The number of ether oxygens (including phenoxy) is 1. The quantitative estimate of drug-likeness (QED) is 0.691. The number of nitrogens with zero attached hydrogens (tertiary/aromatic N) is 2. The van der Waals surface area contributed by atoms with Crippen molar-refractivity contribution in [3.8, 4) is 11.8 Å². The van der Waals surface area contributed by atoms with Gasteiger partial charge >= 0.3 is 0 Å². The van der Waals surface area contributed by atoms with Crippen LogP contribution in [0.3, 0.4) is 0 Å². The van der Waals surface area contributed by atoms with Crippen molar-refractivity contribution in [1.82, 2.24) is 15.6 Å². The lowest BCUT2D eigenvalue weighted by molar-refractivity contribution is -0.123. The first-order valence-corrected chi connectivity index (χ1v) is 6.56. The smallest absolute Gasteiger partial charge is 0.257 e. The second-order valence-corrected chi connectivity index (χ2v) is 4.57. The van der Waals surface area contributed by atoms with E-state index in [0.29, 0.717) is 31.3 Å². The molecule has 20 heavy (non-hydrogen) atoms. The fourth-order valence-electron chi connectivity index (χ4n) is 1.37. The van der Waals surface area contributed by atoms with Crippen molar-refractivity contribution in [2.24, 2.45) is 0 Å². The first-order valence-electron chi connectivity index (χ1n) is 6.56. The first kappa shape index (κ1) is 15.9. The Balaban J connectivity index is 2.31. The lowest BCUT2D eigenvalue weighted by atomic mass is 10.3. The molecule has 108 valence electrons. The van der Waals surface area contributed by atoms with Crippen LogP contribution in [0.15, 0.2) is 18.3 Å². The Morgan fingerprint density at radius 3 is 2.90 bits per heavy atom. The maximum atomic E-state index is 11.4. The summed E-state index contributed by atoms with van der Waals surface area (Å²) in [5, 5.41) is 14.2. The van der Waals surface area contributed by atoms with E-state index in [1.807, 2.05) is 12.1 Å². The van der Waals surface area contributed by atoms with Crippen LogP contribution in [-0.4, -0.2) is 30.1 Å². The summed E-state index contributed by atoms with van der Waals surface area (Å²) >= 11 is 0. The number of hydrogen-bond donors (Lipinski definition) is 2. The number of nitriles is 1. The van der Waals surface area contributed by atoms with Crippen molar-refractivity contribution >= 4 is 5.91 Å². The number of hydrogen-bond acceptors (Lipinski definition) is 5. The number of nitrogens with one attached hydrogen (secondary N) is 2. The van der Waals surface area contributed by atoms with E-state index in [4.69, 9.17) is 10.00 Å². The molecule has 0 saturated heterocycles. The molecule has 0 atom stereocenters. The average Bonchev–Trinajstić information content (AvgIpc) is 2.44. The summed E-state index contributed by atoms with van der Waals surface area (Å²) in [6, 6.07) is 6.00. The number of carbonyl (C=O) groups excluding carboxylic acids is 1. The SMILES string of the molecule is CC(C)NCc1ccc(OCC(=O)NCCC#N)cn1. The molecule has 0 spiro atoms. The van der Waals surface area contributed by atoms with Gasteiger partial charge in [-0.15, -0.1) is 0 Å². The molecule has 0 bridgehead atoms. The summed E-state index contributed by atoms with van der Waals surface area (Å²) in [7, 11) is 0. The van der Waals surface area contributed by atoms with Gasteiger partial charge in [-0.1, -0.05) is 13.8 Å². The van der Waals surface area contributed by atoms with Gasteiger partial charge < -0.3 is 15.4 Å². The van der Waals surface area contributed by atoms with E-state index in [2.05, 4.69) is 29.5 Å². The van der Waals surface area contributed by atoms with Crippen LogP contribution in [0, 0.1) is 11.3 Å². The van der Waals surface area contributed by atoms with E-state index >= 15 is 0 Å². The zero-order valence-corrected chi connectivity index (χ0v) is 11.8. The third-order valence-electron chi connectivity index (χ3n) is 2.42. The molecule has 1 amide bonds. The van der Waals surface area contributed by atoms with Gasteiger partial charge in [0.2, 0.25) is 0 Å². The zero-order valence-electron chi connectivity index (χ0n) is 11.8. The van der Waals surface area contributed by atoms with Gasteiger partial charge in [0, 0.05) is 19.1 Å². The van der Waals surface area contributed by atoms with Crippen LogP contribution < -0.4 is 15.4 Å². The second-order valence-electron chi connectivity index (χ2n) is 4.57. The lowest BCUT2D eigenvalue weighted by Crippen LogP contribution is -2.29. The molecule has 0 aromatic carbocycles. The van der Waals surface area contributed by atoms with Crippen molar-refractivity contribution in [3.05, 3.63) is 24.0 Å². The van der Waals surface area contributed by atoms with Gasteiger partial charge in [-0.2, -0.15) is 5.26 Å². The van der Waals surface area contributed by atoms with E-state index in [0.717, 1.165) is 5.69 Å². The Hall–Kier alpha value is -2.13. The van der Waals surface area contributed by atoms with Crippen LogP contribution in [0.25, 0.3) is 0 Å². The highest BCUT2D eigenvalue weighted by molar-refractivity contribution is 5.77. The number of carbonyl (C=O) groups is 1. The fraction of sp³-hybridized carbons (Fsp3) is 0.500. The molecule has 1 aromatic rings. The lowest BCUT2D eigenvalue weighted by Gasteiger charge is -2.09. The highest BCUT2D eigenvalue weighted by Crippen LogP contribution is 2.08. The predicted molar refractivity (Wildman–Crippen MR) is 74.9 cm³/mol. The summed E-state index contributed by atoms with van der Waals surface area (Å²) in [5.74, 6) is 0.305. The van der Waals surface area contributed by atoms with Crippen LogP contribution in [0.4, 0.5) is 0 Å². The van der Waals surface area contributed by atoms with E-state index in [1.54, 1.807) is 12.3 Å². The molecule has 0 saturated carbocycles. The Morgan fingerprint density at radius 2 is 2.30 bits per heavy atom. The third-order valence-corrected chi connectivity index (χ3v) is 2.42. The largest absolute Gasteiger partial charge is 0.482 e. The zero-order chi connectivity index (χ0) is 14.8. The van der Waals surface area contributed by atoms with Gasteiger partial charge in [-0.25, -0.2) is 0 Å². The Morgan fingerprint density at radius 1 is 1.50 bits per heavy atom. The molecular weight excluding hydrogens is 256 g/mol. The normalized spacial score (nSPS) is 10.1. The van der Waals surface area contributed by atoms with Crippen molar-refractivity contribution in [2.45, 2.75) is 32.9 Å². The predicted octanol–water partition coefficient (Wildman–Crippen LogP) is 0.988. The Labute approximate surface area is 119 Å². The van der Waals surface area contributed by atoms with Crippen molar-refractivity contribution in [1.29, 1.82) is 5.26 Å². The number of rotatable bonds is 8. The molecule has 0 fully saturated rings. The summed E-state index contributed by atoms with van der Waals surface area (Å²) in [6.45, 7) is 5.12. The van der Waals surface area contributed by atoms with Crippen LogP contribution in [-0.2, 0) is 11.3 Å². The van der Waals surface area contributed by atoms with Gasteiger partial charge in [0.05, 0.1) is 24.4 Å². The maximum Gasteiger partial charge on any atom is 0.257 e. The summed E-state index contributed by atoms with van der Waals surface area (Å²) in [6.07, 6.45) is 1.89. The summed E-state index contributed by atoms with van der Waals surface area (Å²) in [4.78, 5) is 15.6. The molecule has 6 heteroatoms. The van der Waals surface area contributed by atoms with Gasteiger partial charge in [0.15, 0.2) is 6.61 Å². The summed E-state index contributed by atoms with van der Waals surface area (Å²) in [5.41, 5.74) is 0.921. The van der Waals surface area contributed by atoms with Gasteiger partial charge in [-0.05, 0) is 12.1 Å². The number of pyridine rings is 1. The van der Waals surface area contributed by atoms with E-state index in [-0.39, 0.29) is 12.5 Å². The molecule has 0 aliphatic rings. The Kier molecular flexibility index (Phi) is 7.07. The van der Waals surface area contributed by atoms with Gasteiger partial charge in [0.1, 0.15) is 5.75 Å². The maximum absolute atomic E-state index is 11.4. The monoisotopic (exact) mass is 276 g/mol.